The molecule has 1 fully saturated rings. The summed E-state index contributed by atoms with van der Waals surface area (Å²) in [4.78, 5) is 12.2. The fourth-order valence-corrected chi connectivity index (χ4v) is 2.83. The van der Waals surface area contributed by atoms with Gasteiger partial charge in [0.15, 0.2) is 0 Å². The summed E-state index contributed by atoms with van der Waals surface area (Å²) >= 11 is 0. The molecule has 2 atom stereocenters. The number of nitrogens with zero attached hydrogens (tertiary/aromatic N) is 1. The standard InChI is InChI=1S/C16H20N2O/c1-2-13-5-3-4-6-15(13)18-16(19)14-9-7-12(11-17)8-10-14/h7-10,13,15H,2-6H2,1H3,(H,18,19). The van der Waals surface area contributed by atoms with Crippen LogP contribution in [0.2, 0.25) is 0 Å². The number of amides is 1. The highest BCUT2D eigenvalue weighted by atomic mass is 16.1. The molecule has 0 radical (unpaired) electrons. The molecule has 100 valence electrons. The number of hydrogen-bond donors (Lipinski definition) is 1. The molecule has 0 aliphatic heterocycles. The molecule has 1 saturated carbocycles. The second-order valence-electron chi connectivity index (χ2n) is 5.22. The Morgan fingerprint density at radius 2 is 2.00 bits per heavy atom. The van der Waals surface area contributed by atoms with Crippen molar-refractivity contribution in [3.63, 3.8) is 0 Å². The van der Waals surface area contributed by atoms with Crippen LogP contribution in [0.3, 0.4) is 0 Å². The lowest BCUT2D eigenvalue weighted by molar-refractivity contribution is 0.0904. The van der Waals surface area contributed by atoms with Gasteiger partial charge in [-0.2, -0.15) is 5.26 Å². The first-order valence-electron chi connectivity index (χ1n) is 7.05. The highest BCUT2D eigenvalue weighted by Crippen LogP contribution is 2.27. The zero-order valence-electron chi connectivity index (χ0n) is 11.4. The minimum Gasteiger partial charge on any atom is -0.349 e. The van der Waals surface area contributed by atoms with Crippen molar-refractivity contribution < 1.29 is 4.79 Å². The third kappa shape index (κ3) is 3.35. The maximum Gasteiger partial charge on any atom is 0.251 e. The molecule has 1 aliphatic carbocycles. The monoisotopic (exact) mass is 256 g/mol. The minimum absolute atomic E-state index is 0.0187. The molecular formula is C16H20N2O. The minimum atomic E-state index is -0.0187. The molecule has 3 nitrogen and oxygen atoms in total. The molecule has 0 heterocycles. The summed E-state index contributed by atoms with van der Waals surface area (Å²) in [5.41, 5.74) is 1.22. The molecule has 1 amide bonds. The van der Waals surface area contributed by atoms with Gasteiger partial charge in [-0.25, -0.2) is 0 Å². The van der Waals surface area contributed by atoms with Gasteiger partial charge in [0.05, 0.1) is 11.6 Å². The fourth-order valence-electron chi connectivity index (χ4n) is 2.83. The summed E-state index contributed by atoms with van der Waals surface area (Å²) in [6.45, 7) is 2.19. The molecule has 3 heteroatoms. The summed E-state index contributed by atoms with van der Waals surface area (Å²) in [5.74, 6) is 0.589. The highest BCUT2D eigenvalue weighted by Gasteiger charge is 2.25. The van der Waals surface area contributed by atoms with Crippen LogP contribution in [0.25, 0.3) is 0 Å². The number of hydrogen-bond acceptors (Lipinski definition) is 2. The van der Waals surface area contributed by atoms with Crippen LogP contribution in [0.15, 0.2) is 24.3 Å². The van der Waals surface area contributed by atoms with Crippen molar-refractivity contribution in [1.29, 1.82) is 5.26 Å². The van der Waals surface area contributed by atoms with Crippen LogP contribution in [-0.2, 0) is 0 Å². The van der Waals surface area contributed by atoms with E-state index in [9.17, 15) is 4.79 Å². The third-order valence-electron chi connectivity index (χ3n) is 4.03. The number of nitrogens with one attached hydrogen (secondary N) is 1. The Kier molecular flexibility index (Phi) is 4.57. The third-order valence-corrected chi connectivity index (χ3v) is 4.03. The maximum atomic E-state index is 12.2. The molecule has 1 aromatic rings. The van der Waals surface area contributed by atoms with Gasteiger partial charge in [-0.1, -0.05) is 26.2 Å². The molecule has 1 aliphatic rings. The lowest BCUT2D eigenvalue weighted by Crippen LogP contribution is -2.41. The van der Waals surface area contributed by atoms with E-state index in [1.54, 1.807) is 24.3 Å². The van der Waals surface area contributed by atoms with Crippen LogP contribution in [0, 0.1) is 17.2 Å². The van der Waals surface area contributed by atoms with E-state index in [2.05, 4.69) is 18.3 Å². The van der Waals surface area contributed by atoms with Crippen LogP contribution >= 0.6 is 0 Å². The van der Waals surface area contributed by atoms with Gasteiger partial charge in [0, 0.05) is 11.6 Å². The average Bonchev–Trinajstić information content (AvgIpc) is 2.48. The second kappa shape index (κ2) is 6.38. The Balaban J connectivity index is 2.01. The Labute approximate surface area is 114 Å². The van der Waals surface area contributed by atoms with Crippen LogP contribution < -0.4 is 5.32 Å². The number of benzene rings is 1. The van der Waals surface area contributed by atoms with Gasteiger partial charge < -0.3 is 5.32 Å². The van der Waals surface area contributed by atoms with E-state index in [-0.39, 0.29) is 5.91 Å². The molecule has 1 aromatic carbocycles. The molecule has 0 spiro atoms. The first-order valence-corrected chi connectivity index (χ1v) is 7.05. The van der Waals surface area contributed by atoms with Crippen LogP contribution in [0.4, 0.5) is 0 Å². The van der Waals surface area contributed by atoms with Crippen molar-refractivity contribution >= 4 is 5.91 Å². The lowest BCUT2D eigenvalue weighted by Gasteiger charge is -2.31. The number of carbonyl (C=O) groups excluding carboxylic acids is 1. The number of carbonyl (C=O) groups is 1. The van der Waals surface area contributed by atoms with Gasteiger partial charge >= 0.3 is 0 Å². The van der Waals surface area contributed by atoms with Gasteiger partial charge in [-0.05, 0) is 43.0 Å². The summed E-state index contributed by atoms with van der Waals surface area (Å²) < 4.78 is 0. The number of nitriles is 1. The van der Waals surface area contributed by atoms with Crippen molar-refractivity contribution in [2.24, 2.45) is 5.92 Å². The Morgan fingerprint density at radius 1 is 1.32 bits per heavy atom. The summed E-state index contributed by atoms with van der Waals surface area (Å²) in [6.07, 6.45) is 5.91. The molecule has 1 N–H and O–H groups in total. The summed E-state index contributed by atoms with van der Waals surface area (Å²) in [7, 11) is 0. The normalized spacial score (nSPS) is 22.5. The SMILES string of the molecule is CCC1CCCCC1NC(=O)c1ccc(C#N)cc1. The first kappa shape index (κ1) is 13.6. The summed E-state index contributed by atoms with van der Waals surface area (Å²) in [5, 5.41) is 11.9. The molecule has 2 unspecified atom stereocenters. The predicted molar refractivity (Wildman–Crippen MR) is 74.7 cm³/mol. The Morgan fingerprint density at radius 3 is 2.63 bits per heavy atom. The van der Waals surface area contributed by atoms with Crippen molar-refractivity contribution in [2.75, 3.05) is 0 Å². The van der Waals surface area contributed by atoms with E-state index in [0.717, 1.165) is 12.8 Å². The van der Waals surface area contributed by atoms with Gasteiger partial charge in [0.2, 0.25) is 0 Å². The van der Waals surface area contributed by atoms with Gasteiger partial charge in [-0.15, -0.1) is 0 Å². The summed E-state index contributed by atoms with van der Waals surface area (Å²) in [6, 6.07) is 9.18. The molecule has 2 rings (SSSR count). The van der Waals surface area contributed by atoms with Crippen LogP contribution in [0.1, 0.15) is 54.9 Å². The van der Waals surface area contributed by atoms with Crippen LogP contribution in [-0.4, -0.2) is 11.9 Å². The molecule has 19 heavy (non-hydrogen) atoms. The van der Waals surface area contributed by atoms with E-state index in [1.807, 2.05) is 0 Å². The lowest BCUT2D eigenvalue weighted by atomic mass is 9.83. The fraction of sp³-hybridized carbons (Fsp3) is 0.500. The van der Waals surface area contributed by atoms with Crippen molar-refractivity contribution in [2.45, 2.75) is 45.1 Å². The Hall–Kier alpha value is -1.82. The second-order valence-corrected chi connectivity index (χ2v) is 5.22. The van der Waals surface area contributed by atoms with Crippen molar-refractivity contribution in [1.82, 2.24) is 5.32 Å². The maximum absolute atomic E-state index is 12.2. The van der Waals surface area contributed by atoms with Gasteiger partial charge in [-0.3, -0.25) is 4.79 Å². The van der Waals surface area contributed by atoms with E-state index in [0.29, 0.717) is 23.1 Å². The topological polar surface area (TPSA) is 52.9 Å². The van der Waals surface area contributed by atoms with E-state index < -0.39 is 0 Å². The zero-order valence-corrected chi connectivity index (χ0v) is 11.4. The molecule has 0 saturated heterocycles. The van der Waals surface area contributed by atoms with E-state index >= 15 is 0 Å². The highest BCUT2D eigenvalue weighted by molar-refractivity contribution is 5.94. The number of rotatable bonds is 3. The zero-order chi connectivity index (χ0) is 13.7. The first-order chi connectivity index (χ1) is 9.24. The van der Waals surface area contributed by atoms with Crippen molar-refractivity contribution in [3.8, 4) is 6.07 Å². The van der Waals surface area contributed by atoms with E-state index in [4.69, 9.17) is 5.26 Å². The molecular weight excluding hydrogens is 236 g/mol. The van der Waals surface area contributed by atoms with Gasteiger partial charge in [0.1, 0.15) is 0 Å². The van der Waals surface area contributed by atoms with Crippen molar-refractivity contribution in [3.05, 3.63) is 35.4 Å². The average molecular weight is 256 g/mol. The van der Waals surface area contributed by atoms with Crippen LogP contribution in [0.5, 0.6) is 0 Å². The Bertz CT molecular complexity index is 473. The molecule has 0 aromatic heterocycles. The molecule has 0 bridgehead atoms. The predicted octanol–water partition coefficient (Wildman–Crippen LogP) is 3.26. The largest absolute Gasteiger partial charge is 0.349 e. The smallest absolute Gasteiger partial charge is 0.251 e. The van der Waals surface area contributed by atoms with Gasteiger partial charge in [0.25, 0.3) is 5.91 Å². The van der Waals surface area contributed by atoms with E-state index in [1.165, 1.54) is 19.3 Å². The quantitative estimate of drug-likeness (QED) is 0.902.